The second kappa shape index (κ2) is 46.3. The van der Waals surface area contributed by atoms with E-state index in [1.165, 1.54) is 73.6 Å². The number of piperidine rings is 4. The number of nitriles is 4. The molecule has 20 rings (SSSR count). The van der Waals surface area contributed by atoms with Crippen molar-refractivity contribution < 1.29 is 38.4 Å². The van der Waals surface area contributed by atoms with Gasteiger partial charge in [0.15, 0.2) is 23.1 Å². The Hall–Kier alpha value is -13.8. The highest BCUT2D eigenvalue weighted by Gasteiger charge is 2.43. The molecule has 4 aliphatic heterocycles. The molecule has 0 radical (unpaired) electrons. The third kappa shape index (κ3) is 22.5. The van der Waals surface area contributed by atoms with E-state index in [1.807, 2.05) is 53.0 Å². The summed E-state index contributed by atoms with van der Waals surface area (Å²) in [7, 11) is 8.11. The van der Waals surface area contributed by atoms with Gasteiger partial charge < -0.3 is 37.9 Å². The highest BCUT2D eigenvalue weighted by atomic mass is 16.2. The second-order valence-electron chi connectivity index (χ2n) is 44.7. The van der Waals surface area contributed by atoms with E-state index in [-0.39, 0.29) is 72.5 Å². The molecule has 4 aliphatic carbocycles. The Balaban J connectivity index is 0.000000135. The highest BCUT2D eigenvalue weighted by molar-refractivity contribution is 6.02. The summed E-state index contributed by atoms with van der Waals surface area (Å²) >= 11 is 0. The number of rotatable bonds is 22. The topological polar surface area (TPSA) is 316 Å². The zero-order valence-electron chi connectivity index (χ0n) is 89.0. The molecule has 4 aromatic carbocycles. The lowest BCUT2D eigenvalue weighted by atomic mass is 9.83. The molecule has 8 atom stereocenters. The van der Waals surface area contributed by atoms with Gasteiger partial charge in [0.2, 0.25) is 23.6 Å². The van der Waals surface area contributed by atoms with Crippen LogP contribution in [0, 0.1) is 132 Å². The number of fused-ring (bicyclic) bond motifs is 4. The Kier molecular flexibility index (Phi) is 33.0. The van der Waals surface area contributed by atoms with Crippen molar-refractivity contribution >= 4 is 90.9 Å². The van der Waals surface area contributed by atoms with E-state index in [1.54, 1.807) is 97.1 Å². The predicted octanol–water partition coefficient (Wildman–Crippen LogP) is 22.6. The molecular weight excluding hydrogens is 1840 g/mol. The van der Waals surface area contributed by atoms with Crippen molar-refractivity contribution in [2.45, 2.75) is 247 Å². The van der Waals surface area contributed by atoms with Crippen molar-refractivity contribution in [3.8, 4) is 24.3 Å². The Labute approximate surface area is 871 Å². The maximum Gasteiger partial charge on any atom is 0.225 e. The van der Waals surface area contributed by atoms with Gasteiger partial charge >= 0.3 is 0 Å². The molecule has 0 unspecified atom stereocenters. The molecule has 4 amide bonds. The molecule has 24 heteroatoms. The van der Waals surface area contributed by atoms with Gasteiger partial charge in [-0.3, -0.25) is 38.4 Å². The number of likely N-dealkylation sites (tertiary alicyclic amines) is 4. The van der Waals surface area contributed by atoms with Crippen LogP contribution in [0.5, 0.6) is 0 Å². The van der Waals surface area contributed by atoms with Crippen LogP contribution < -0.4 is 0 Å². The standard InChI is InChI=1S/2C32H38N4O2.2C30H34N4O2/c2*1-20(2)26-9-6-10-27(26)32(38)36-13-11-23(12-14-36)28-19-35(4)31-30(28)21(3)25(18-34-31)16-29(37)24-8-5-7-22(15-24)17-33;2*1-19-6-4-9-25(19)30(36)34-12-10-22(11-13-34)26-18-33(3)29-28(26)20(2)24(17-32-29)15-27(35)23-8-5-7-21(14-23)16-31/h2*5,7-8,15,18-20,23,26-27H,6,9-14,16H2,1-4H3;2*5,7-8,14,17-19,22,25H,4,6,9-13,15H2,1-3H3/t26-,27+;26-,27-;2*19-,25-/m0110/s1. The van der Waals surface area contributed by atoms with Gasteiger partial charge in [-0.25, -0.2) is 19.9 Å². The summed E-state index contributed by atoms with van der Waals surface area (Å²) in [5.74, 6) is 6.88. The Morgan fingerprint density at radius 1 is 0.311 bits per heavy atom. The molecular formula is C124H144N16O8. The van der Waals surface area contributed by atoms with E-state index < -0.39 is 0 Å². The lowest BCUT2D eigenvalue weighted by Gasteiger charge is -2.35. The number of pyridine rings is 4. The number of Topliss-reactive ketones (excluding diaryl/α,β-unsaturated/α-hetero) is 4. The molecule has 4 saturated heterocycles. The zero-order valence-corrected chi connectivity index (χ0v) is 89.0. The van der Waals surface area contributed by atoms with Gasteiger partial charge in [-0.1, -0.05) is 116 Å². The fraction of sp³-hybridized carbons (Fsp3) is 0.484. The molecule has 24 nitrogen and oxygen atoms in total. The molecule has 8 fully saturated rings. The number of amides is 4. The summed E-state index contributed by atoms with van der Waals surface area (Å²) in [5, 5.41) is 41.3. The molecule has 148 heavy (non-hydrogen) atoms. The largest absolute Gasteiger partial charge is 0.342 e. The van der Waals surface area contributed by atoms with Gasteiger partial charge in [-0.05, 0) is 305 Å². The number of ketones is 4. The fourth-order valence-corrected chi connectivity index (χ4v) is 26.2. The molecule has 12 aromatic rings. The van der Waals surface area contributed by atoms with Crippen molar-refractivity contribution in [1.29, 1.82) is 21.0 Å². The van der Waals surface area contributed by atoms with E-state index in [9.17, 15) is 59.4 Å². The monoisotopic (exact) mass is 1990 g/mol. The van der Waals surface area contributed by atoms with E-state index in [4.69, 9.17) is 19.9 Å². The SMILES string of the molecule is Cc1c(CC(=O)c2cccc(C#N)c2)cnc2c1c(C1CCN(C(=O)[C@@H]3CCC[C@@H]3C(C)C)CC1)cn2C.Cc1c(CC(=O)c2cccc(C#N)c2)cnc2c1c(C1CCN(C(=O)[C@@H]3CCC[C@H]3C(C)C)CC1)cn2C.Cc1c(CC(=O)c2cccc(C#N)c2)cnc2c1c(C1CCN(C(=O)[C@@H]3CCC[C@H]3C)CC1)cn2C.Cc1c(CC(=O)c2cccc(C#N)c2)cnc2c1c(C1CCN(C(=O)[C@H]3CCC[C@@H]3C)CC1)cn2C. The summed E-state index contributed by atoms with van der Waals surface area (Å²) in [6.07, 6.45) is 38.2. The Bertz CT molecular complexity index is 6800. The molecule has 12 heterocycles. The van der Waals surface area contributed by atoms with Crippen LogP contribution in [0.25, 0.3) is 44.1 Å². The zero-order chi connectivity index (χ0) is 105. The van der Waals surface area contributed by atoms with Gasteiger partial charge in [0, 0.05) is 223 Å². The molecule has 0 spiro atoms. The maximum absolute atomic E-state index is 13.4. The minimum absolute atomic E-state index is 0.0118. The van der Waals surface area contributed by atoms with Crippen LogP contribution in [-0.4, -0.2) is 157 Å². The average molecular weight is 1990 g/mol. The molecule has 0 N–H and O–H groups in total. The minimum Gasteiger partial charge on any atom is -0.342 e. The Morgan fingerprint density at radius 3 is 0.736 bits per heavy atom. The van der Waals surface area contributed by atoms with Gasteiger partial charge in [0.05, 0.1) is 46.5 Å². The smallest absolute Gasteiger partial charge is 0.225 e. The lowest BCUT2D eigenvalue weighted by Crippen LogP contribution is -2.42. The quantitative estimate of drug-likeness (QED) is 0.0569. The molecule has 0 bridgehead atoms. The Morgan fingerprint density at radius 2 is 0.527 bits per heavy atom. The van der Waals surface area contributed by atoms with Gasteiger partial charge in [-0.2, -0.15) is 21.0 Å². The van der Waals surface area contributed by atoms with Gasteiger partial charge in [0.25, 0.3) is 0 Å². The van der Waals surface area contributed by atoms with Crippen molar-refractivity contribution in [2.75, 3.05) is 52.4 Å². The van der Waals surface area contributed by atoms with Crippen molar-refractivity contribution in [2.24, 2.45) is 87.4 Å². The van der Waals surface area contributed by atoms with Crippen LogP contribution in [0.1, 0.15) is 324 Å². The fourth-order valence-electron chi connectivity index (χ4n) is 26.2. The number of nitrogens with zero attached hydrogens (tertiary/aromatic N) is 16. The van der Waals surface area contributed by atoms with Crippen LogP contribution in [0.2, 0.25) is 0 Å². The van der Waals surface area contributed by atoms with Gasteiger partial charge in [0.1, 0.15) is 22.6 Å². The van der Waals surface area contributed by atoms with Crippen molar-refractivity contribution in [3.05, 3.63) is 258 Å². The predicted molar refractivity (Wildman–Crippen MR) is 577 cm³/mol. The number of hydrogen-bond donors (Lipinski definition) is 0. The first-order valence-corrected chi connectivity index (χ1v) is 54.3. The molecule has 8 aliphatic rings. The van der Waals surface area contributed by atoms with E-state index in [0.717, 1.165) is 218 Å². The minimum atomic E-state index is -0.0122. The summed E-state index contributed by atoms with van der Waals surface area (Å²) < 4.78 is 8.33. The number of carbonyl (C=O) groups is 8. The first-order valence-electron chi connectivity index (χ1n) is 54.3. The number of aryl methyl sites for hydroxylation is 8. The lowest BCUT2D eigenvalue weighted by molar-refractivity contribution is -0.139. The summed E-state index contributed by atoms with van der Waals surface area (Å²) in [6, 6.07) is 35.9. The average Bonchev–Trinajstić information content (AvgIpc) is 1.62. The second-order valence-corrected chi connectivity index (χ2v) is 44.7. The van der Waals surface area contributed by atoms with Crippen molar-refractivity contribution in [1.82, 2.24) is 57.8 Å². The maximum atomic E-state index is 13.4. The highest BCUT2D eigenvalue weighted by Crippen LogP contribution is 2.47. The van der Waals surface area contributed by atoms with Gasteiger partial charge in [-0.15, -0.1) is 0 Å². The summed E-state index contributed by atoms with van der Waals surface area (Å²) in [4.78, 5) is 133. The van der Waals surface area contributed by atoms with Crippen LogP contribution in [0.3, 0.4) is 0 Å². The van der Waals surface area contributed by atoms with Crippen LogP contribution in [0.15, 0.2) is 147 Å². The normalized spacial score (nSPS) is 20.4. The van der Waals surface area contributed by atoms with E-state index in [2.05, 4.69) is 156 Å². The first-order chi connectivity index (χ1) is 71.3. The van der Waals surface area contributed by atoms with E-state index >= 15 is 0 Å². The van der Waals surface area contributed by atoms with Crippen molar-refractivity contribution in [3.63, 3.8) is 0 Å². The van der Waals surface area contributed by atoms with Crippen LogP contribution >= 0.6 is 0 Å². The molecule has 4 saturated carbocycles. The van der Waals surface area contributed by atoms with E-state index in [0.29, 0.717) is 127 Å². The number of benzene rings is 4. The number of carbonyl (C=O) groups excluding carboxylic acids is 8. The molecule has 8 aromatic heterocycles. The van der Waals surface area contributed by atoms with Crippen LogP contribution in [0.4, 0.5) is 0 Å². The summed E-state index contributed by atoms with van der Waals surface area (Å²) in [5.41, 5.74) is 21.1. The van der Waals surface area contributed by atoms with Crippen LogP contribution in [-0.2, 0) is 73.1 Å². The third-order valence-electron chi connectivity index (χ3n) is 35.0. The molecule has 768 valence electrons. The number of hydrogen-bond acceptors (Lipinski definition) is 16. The third-order valence-corrected chi connectivity index (χ3v) is 35.0. The first kappa shape index (κ1) is 106. The summed E-state index contributed by atoms with van der Waals surface area (Å²) in [6.45, 7) is 28.3. The number of aromatic nitrogens is 8.